The molecule has 1 aliphatic rings. The Kier molecular flexibility index (Phi) is 3.31. The van der Waals surface area contributed by atoms with Gasteiger partial charge in [0.05, 0.1) is 5.69 Å². The van der Waals surface area contributed by atoms with Gasteiger partial charge in [0, 0.05) is 4.88 Å². The predicted molar refractivity (Wildman–Crippen MR) is 76.6 cm³/mol. The van der Waals surface area contributed by atoms with E-state index in [1.54, 1.807) is 6.07 Å². The van der Waals surface area contributed by atoms with Crippen LogP contribution in [0, 0.1) is 13.8 Å². The summed E-state index contributed by atoms with van der Waals surface area (Å²) in [5, 5.41) is 3.36. The van der Waals surface area contributed by atoms with Gasteiger partial charge >= 0.3 is 0 Å². The average Bonchev–Trinajstić information content (AvgIpc) is 2.76. The van der Waals surface area contributed by atoms with Crippen LogP contribution in [0.5, 0.6) is 11.5 Å². The zero-order valence-electron chi connectivity index (χ0n) is 11.2. The first-order valence-electron chi connectivity index (χ1n) is 6.27. The smallest absolute Gasteiger partial charge is 0.270 e. The Hall–Kier alpha value is -2.08. The van der Waals surface area contributed by atoms with Crippen LogP contribution in [0.1, 0.15) is 10.6 Å². The fraction of sp³-hybridized carbons (Fsp3) is 0.286. The van der Waals surface area contributed by atoms with Gasteiger partial charge in [-0.15, -0.1) is 11.3 Å². The molecule has 0 aliphatic carbocycles. The van der Waals surface area contributed by atoms with E-state index in [9.17, 15) is 4.79 Å². The van der Waals surface area contributed by atoms with Gasteiger partial charge in [0.2, 0.25) is 6.10 Å². The lowest BCUT2D eigenvalue weighted by atomic mass is 10.2. The number of fused-ring (bicyclic) bond motifs is 1. The second-order valence-electron chi connectivity index (χ2n) is 4.51. The number of hydrogen-bond acceptors (Lipinski definition) is 5. The van der Waals surface area contributed by atoms with Crippen LogP contribution in [0.25, 0.3) is 0 Å². The summed E-state index contributed by atoms with van der Waals surface area (Å²) in [6.07, 6.45) is -0.658. The lowest BCUT2D eigenvalue weighted by Crippen LogP contribution is -2.40. The molecule has 0 bridgehead atoms. The van der Waals surface area contributed by atoms with Crippen LogP contribution in [0.3, 0.4) is 0 Å². The van der Waals surface area contributed by atoms with Crippen molar-refractivity contribution < 1.29 is 14.3 Å². The average molecular weight is 290 g/mol. The first-order valence-corrected chi connectivity index (χ1v) is 7.08. The highest BCUT2D eigenvalue weighted by Crippen LogP contribution is 2.31. The summed E-state index contributed by atoms with van der Waals surface area (Å²) >= 11 is 1.45. The van der Waals surface area contributed by atoms with Crippen LogP contribution < -0.4 is 14.8 Å². The Morgan fingerprint density at radius 1 is 1.35 bits per heavy atom. The minimum Gasteiger partial charge on any atom is -0.485 e. The molecule has 104 valence electrons. The molecule has 0 fully saturated rings. The summed E-state index contributed by atoms with van der Waals surface area (Å²) in [5.41, 5.74) is 0.927. The number of rotatable bonds is 2. The van der Waals surface area contributed by atoms with E-state index in [-0.39, 0.29) is 12.5 Å². The van der Waals surface area contributed by atoms with Crippen LogP contribution in [-0.4, -0.2) is 23.6 Å². The van der Waals surface area contributed by atoms with Crippen molar-refractivity contribution in [3.63, 3.8) is 0 Å². The molecule has 20 heavy (non-hydrogen) atoms. The molecule has 1 aromatic carbocycles. The number of carbonyl (C=O) groups excluding carboxylic acids is 1. The van der Waals surface area contributed by atoms with Gasteiger partial charge in [-0.2, -0.15) is 0 Å². The van der Waals surface area contributed by atoms with Crippen molar-refractivity contribution in [2.75, 3.05) is 11.9 Å². The quantitative estimate of drug-likeness (QED) is 0.923. The molecule has 6 heteroatoms. The Morgan fingerprint density at radius 2 is 2.10 bits per heavy atom. The lowest BCUT2D eigenvalue weighted by molar-refractivity contribution is -0.125. The van der Waals surface area contributed by atoms with Gasteiger partial charge in [-0.1, -0.05) is 12.1 Å². The third-order valence-electron chi connectivity index (χ3n) is 3.06. The van der Waals surface area contributed by atoms with Crippen LogP contribution >= 0.6 is 11.3 Å². The molecule has 1 aromatic heterocycles. The second-order valence-corrected chi connectivity index (χ2v) is 5.72. The Morgan fingerprint density at radius 3 is 2.80 bits per heavy atom. The third kappa shape index (κ3) is 2.46. The van der Waals surface area contributed by atoms with Gasteiger partial charge in [-0.3, -0.25) is 10.1 Å². The predicted octanol–water partition coefficient (Wildman–Crippen LogP) is 2.54. The van der Waals surface area contributed by atoms with Crippen molar-refractivity contribution >= 4 is 22.4 Å². The number of aromatic nitrogens is 1. The number of benzene rings is 1. The minimum atomic E-state index is -0.658. The SMILES string of the molecule is Cc1nc(NC(=O)[C@@H]2COc3ccccc3O2)sc1C. The first kappa shape index (κ1) is 12.9. The van der Waals surface area contributed by atoms with Gasteiger partial charge in [0.1, 0.15) is 6.61 Å². The van der Waals surface area contributed by atoms with Crippen molar-refractivity contribution in [1.29, 1.82) is 0 Å². The summed E-state index contributed by atoms with van der Waals surface area (Å²) in [6, 6.07) is 7.31. The molecule has 5 nitrogen and oxygen atoms in total. The van der Waals surface area contributed by atoms with Crippen molar-refractivity contribution in [3.8, 4) is 11.5 Å². The summed E-state index contributed by atoms with van der Waals surface area (Å²) in [7, 11) is 0. The van der Waals surface area contributed by atoms with E-state index in [4.69, 9.17) is 9.47 Å². The van der Waals surface area contributed by atoms with E-state index in [0.717, 1.165) is 10.6 Å². The topological polar surface area (TPSA) is 60.5 Å². The van der Waals surface area contributed by atoms with E-state index in [2.05, 4.69) is 10.3 Å². The highest BCUT2D eigenvalue weighted by Gasteiger charge is 2.27. The first-order chi connectivity index (χ1) is 9.63. The van der Waals surface area contributed by atoms with E-state index < -0.39 is 6.10 Å². The van der Waals surface area contributed by atoms with Crippen LogP contribution in [0.15, 0.2) is 24.3 Å². The molecule has 1 amide bonds. The molecule has 2 aromatic rings. The number of amides is 1. The number of para-hydroxylation sites is 2. The van der Waals surface area contributed by atoms with Crippen molar-refractivity contribution in [1.82, 2.24) is 4.98 Å². The van der Waals surface area contributed by atoms with Crippen LogP contribution in [0.2, 0.25) is 0 Å². The molecule has 0 spiro atoms. The second kappa shape index (κ2) is 5.13. The van der Waals surface area contributed by atoms with Gasteiger partial charge < -0.3 is 9.47 Å². The molecule has 1 atom stereocenters. The highest BCUT2D eigenvalue weighted by atomic mass is 32.1. The molecule has 1 N–H and O–H groups in total. The molecule has 1 aliphatic heterocycles. The van der Waals surface area contributed by atoms with Gasteiger partial charge in [-0.25, -0.2) is 4.98 Å². The number of hydrogen-bond donors (Lipinski definition) is 1. The molecular weight excluding hydrogens is 276 g/mol. The zero-order chi connectivity index (χ0) is 14.1. The maximum absolute atomic E-state index is 12.1. The molecular formula is C14H14N2O3S. The molecule has 2 heterocycles. The largest absolute Gasteiger partial charge is 0.485 e. The van der Waals surface area contributed by atoms with Crippen LogP contribution in [0.4, 0.5) is 5.13 Å². The van der Waals surface area contributed by atoms with E-state index in [0.29, 0.717) is 16.6 Å². The van der Waals surface area contributed by atoms with E-state index in [1.165, 1.54) is 11.3 Å². The van der Waals surface area contributed by atoms with Crippen molar-refractivity contribution in [2.45, 2.75) is 20.0 Å². The van der Waals surface area contributed by atoms with Crippen LogP contribution in [-0.2, 0) is 4.79 Å². The number of carbonyl (C=O) groups is 1. The zero-order valence-corrected chi connectivity index (χ0v) is 12.0. The Balaban J connectivity index is 1.70. The molecule has 0 saturated heterocycles. The monoisotopic (exact) mass is 290 g/mol. The third-order valence-corrected chi connectivity index (χ3v) is 4.05. The maximum Gasteiger partial charge on any atom is 0.270 e. The standard InChI is InChI=1S/C14H14N2O3S/c1-8-9(2)20-14(15-8)16-13(17)12-7-18-10-5-3-4-6-11(10)19-12/h3-6,12H,7H2,1-2H3,(H,15,16,17)/t12-/m0/s1. The molecule has 0 unspecified atom stereocenters. The van der Waals surface area contributed by atoms with Crippen molar-refractivity contribution in [3.05, 3.63) is 34.8 Å². The number of aryl methyl sites for hydroxylation is 2. The molecule has 3 rings (SSSR count). The number of nitrogens with zero attached hydrogens (tertiary/aromatic N) is 1. The lowest BCUT2D eigenvalue weighted by Gasteiger charge is -2.25. The van der Waals surface area contributed by atoms with E-state index >= 15 is 0 Å². The van der Waals surface area contributed by atoms with E-state index in [1.807, 2.05) is 32.0 Å². The van der Waals surface area contributed by atoms with Gasteiger partial charge in [0.15, 0.2) is 16.6 Å². The van der Waals surface area contributed by atoms with Gasteiger partial charge in [0.25, 0.3) is 5.91 Å². The molecule has 0 radical (unpaired) electrons. The number of nitrogens with one attached hydrogen (secondary N) is 1. The Labute approximate surface area is 120 Å². The van der Waals surface area contributed by atoms with Crippen molar-refractivity contribution in [2.24, 2.45) is 0 Å². The normalized spacial score (nSPS) is 16.8. The summed E-state index contributed by atoms with van der Waals surface area (Å²) in [5.74, 6) is 1.01. The van der Waals surface area contributed by atoms with Gasteiger partial charge in [-0.05, 0) is 26.0 Å². The highest BCUT2D eigenvalue weighted by molar-refractivity contribution is 7.15. The number of ether oxygens (including phenoxy) is 2. The Bertz CT molecular complexity index is 634. The number of thiazole rings is 1. The summed E-state index contributed by atoms with van der Waals surface area (Å²) < 4.78 is 11.2. The fourth-order valence-electron chi connectivity index (χ4n) is 1.86. The minimum absolute atomic E-state index is 0.201. The number of anilines is 1. The fourth-order valence-corrected chi connectivity index (χ4v) is 2.68. The molecule has 0 saturated carbocycles. The summed E-state index contributed by atoms with van der Waals surface area (Å²) in [6.45, 7) is 4.09. The summed E-state index contributed by atoms with van der Waals surface area (Å²) in [4.78, 5) is 17.5. The maximum atomic E-state index is 12.1.